The molecule has 0 saturated carbocycles. The van der Waals surface area contributed by atoms with Gasteiger partial charge in [-0.2, -0.15) is 0 Å². The first-order chi connectivity index (χ1) is 14.9. The third-order valence-electron chi connectivity index (χ3n) is 5.69. The van der Waals surface area contributed by atoms with Crippen LogP contribution >= 0.6 is 0 Å². The van der Waals surface area contributed by atoms with Crippen molar-refractivity contribution in [1.82, 2.24) is 15.3 Å². The van der Waals surface area contributed by atoms with Gasteiger partial charge in [-0.25, -0.2) is 4.98 Å². The summed E-state index contributed by atoms with van der Waals surface area (Å²) in [5.74, 6) is 0.735. The van der Waals surface area contributed by atoms with Gasteiger partial charge in [0.2, 0.25) is 0 Å². The summed E-state index contributed by atoms with van der Waals surface area (Å²) in [4.78, 5) is 26.3. The number of phenols is 1. The van der Waals surface area contributed by atoms with Crippen LogP contribution in [-0.4, -0.2) is 58.2 Å². The molecular formula is C23H32KN7O2. The van der Waals surface area contributed by atoms with E-state index in [9.17, 15) is 9.90 Å². The average Bonchev–Trinajstić information content (AvgIpc) is 2.71. The van der Waals surface area contributed by atoms with Gasteiger partial charge in [0.05, 0.1) is 18.1 Å². The average molecular weight is 478 g/mol. The van der Waals surface area contributed by atoms with E-state index in [2.05, 4.69) is 58.2 Å². The van der Waals surface area contributed by atoms with Crippen molar-refractivity contribution < 1.29 is 61.3 Å². The number of hydrogen-bond donors (Lipinski definition) is 3. The van der Waals surface area contributed by atoms with E-state index < -0.39 is 6.03 Å². The van der Waals surface area contributed by atoms with Crippen LogP contribution in [0.1, 0.15) is 46.1 Å². The maximum Gasteiger partial charge on any atom is 1.00 e. The summed E-state index contributed by atoms with van der Waals surface area (Å²) >= 11 is 0. The Labute approximate surface area is 238 Å². The number of hydrogen-bond acceptors (Lipinski definition) is 6. The molecule has 10 heteroatoms. The van der Waals surface area contributed by atoms with Crippen LogP contribution in [0, 0.1) is 0 Å². The number of amides is 2. The predicted octanol–water partition coefficient (Wildman–Crippen LogP) is 0.427. The number of nitrogens with two attached hydrogens (primary N) is 1. The summed E-state index contributed by atoms with van der Waals surface area (Å²) in [6.07, 6.45) is 5.36. The van der Waals surface area contributed by atoms with Crippen LogP contribution in [0.2, 0.25) is 0 Å². The molecule has 1 fully saturated rings. The van der Waals surface area contributed by atoms with Gasteiger partial charge in [0.25, 0.3) is 0 Å². The van der Waals surface area contributed by atoms with Gasteiger partial charge in [0.1, 0.15) is 11.6 Å². The fourth-order valence-corrected chi connectivity index (χ4v) is 4.50. The van der Waals surface area contributed by atoms with Gasteiger partial charge in [0.15, 0.2) is 6.03 Å². The summed E-state index contributed by atoms with van der Waals surface area (Å²) in [6.45, 7) is 8.89. The van der Waals surface area contributed by atoms with Gasteiger partial charge in [-0.3, -0.25) is 9.78 Å². The first kappa shape index (κ1) is 27.7. The van der Waals surface area contributed by atoms with Gasteiger partial charge in [-0.15, -0.1) is 0 Å². The summed E-state index contributed by atoms with van der Waals surface area (Å²) < 4.78 is 0. The molecule has 0 unspecified atom stereocenters. The molecule has 3 rings (SSSR count). The molecule has 4 N–H and O–H groups in total. The van der Waals surface area contributed by atoms with Crippen LogP contribution in [0.3, 0.4) is 0 Å². The second-order valence-electron chi connectivity index (χ2n) is 9.56. The number of phenolic OH excluding ortho intramolecular Hbond substituents is 1. The number of aromatic nitrogens is 2. The minimum atomic E-state index is -0.683. The van der Waals surface area contributed by atoms with Crippen molar-refractivity contribution in [2.75, 3.05) is 19.0 Å². The number of carbonyl (C=O) groups is 1. The summed E-state index contributed by atoms with van der Waals surface area (Å²) in [7, 11) is 3.39. The number of urea groups is 1. The fraction of sp³-hybridized carbons (Fsp3) is 0.478. The molecule has 172 valence electrons. The molecule has 9 nitrogen and oxygen atoms in total. The maximum atomic E-state index is 11.3. The van der Waals surface area contributed by atoms with E-state index in [0.717, 1.165) is 18.7 Å². The predicted molar refractivity (Wildman–Crippen MR) is 127 cm³/mol. The van der Waals surface area contributed by atoms with Gasteiger partial charge >= 0.3 is 51.4 Å². The second kappa shape index (κ2) is 10.8. The van der Waals surface area contributed by atoms with Crippen LogP contribution < -0.4 is 67.3 Å². The van der Waals surface area contributed by atoms with E-state index in [0.29, 0.717) is 22.9 Å². The number of benzene rings is 1. The molecule has 0 bridgehead atoms. The Kier molecular flexibility index (Phi) is 9.05. The number of anilines is 1. The van der Waals surface area contributed by atoms with Crippen LogP contribution in [0.25, 0.3) is 16.6 Å². The topological polar surface area (TPSA) is 131 Å². The Morgan fingerprint density at radius 2 is 1.85 bits per heavy atom. The van der Waals surface area contributed by atoms with E-state index in [-0.39, 0.29) is 74.0 Å². The van der Waals surface area contributed by atoms with E-state index in [4.69, 9.17) is 5.73 Å². The first-order valence-corrected chi connectivity index (χ1v) is 10.6. The molecule has 0 atom stereocenters. The van der Waals surface area contributed by atoms with Gasteiger partial charge in [0, 0.05) is 35.6 Å². The number of carbonyl (C=O) groups excluding carboxylic acids is 1. The molecule has 0 aliphatic carbocycles. The Hall–Kier alpha value is -1.56. The number of amidine groups is 1. The number of aliphatic imine (C=N–C) groups is 1. The Morgan fingerprint density at radius 1 is 1.21 bits per heavy atom. The molecule has 2 heterocycles. The maximum absolute atomic E-state index is 11.3. The van der Waals surface area contributed by atoms with E-state index in [1.807, 2.05) is 7.05 Å². The van der Waals surface area contributed by atoms with Crippen molar-refractivity contribution in [2.45, 2.75) is 57.7 Å². The Bertz CT molecular complexity index is 1010. The molecule has 1 aliphatic heterocycles. The minimum absolute atomic E-state index is 0. The zero-order chi connectivity index (χ0) is 23.7. The molecule has 1 aromatic heterocycles. The molecule has 2 aromatic rings. The largest absolute Gasteiger partial charge is 1.00 e. The molecule has 33 heavy (non-hydrogen) atoms. The van der Waals surface area contributed by atoms with Crippen molar-refractivity contribution >= 4 is 17.7 Å². The second-order valence-corrected chi connectivity index (χ2v) is 9.56. The number of nitrogens with one attached hydrogen (secondary N) is 1. The third-order valence-corrected chi connectivity index (χ3v) is 5.69. The zero-order valence-electron chi connectivity index (χ0n) is 20.5. The third kappa shape index (κ3) is 6.97. The molecular weight excluding hydrogens is 445 g/mol. The number of rotatable bonds is 4. The molecule has 0 spiro atoms. The van der Waals surface area contributed by atoms with E-state index in [1.165, 1.54) is 13.1 Å². The van der Waals surface area contributed by atoms with Crippen molar-refractivity contribution in [3.63, 3.8) is 0 Å². The number of nitrogens with zero attached hydrogens (tertiary/aromatic N) is 5. The smallest absolute Gasteiger partial charge is 0.507 e. The normalized spacial score (nSPS) is 17.7. The van der Waals surface area contributed by atoms with E-state index >= 15 is 0 Å². The molecule has 0 radical (unpaired) electrons. The van der Waals surface area contributed by atoms with Crippen LogP contribution in [0.4, 0.5) is 10.6 Å². The number of aromatic hydroxyl groups is 1. The molecule has 2 amide bonds. The minimum Gasteiger partial charge on any atom is -0.507 e. The molecule has 1 aromatic carbocycles. The van der Waals surface area contributed by atoms with Crippen LogP contribution in [0.5, 0.6) is 5.75 Å². The Balaban J connectivity index is 0.00000385. The quantitative estimate of drug-likeness (QED) is 0.331. The first-order valence-electron chi connectivity index (χ1n) is 10.6. The van der Waals surface area contributed by atoms with Gasteiger partial charge < -0.3 is 31.4 Å². The van der Waals surface area contributed by atoms with Crippen molar-refractivity contribution in [2.24, 2.45) is 10.7 Å². The van der Waals surface area contributed by atoms with Crippen LogP contribution in [-0.2, 0) is 0 Å². The monoisotopic (exact) mass is 477 g/mol. The van der Waals surface area contributed by atoms with E-state index in [1.54, 1.807) is 24.5 Å². The molecule has 1 saturated heterocycles. The summed E-state index contributed by atoms with van der Waals surface area (Å²) in [5.41, 5.74) is 7.34. The molecule has 1 aliphatic rings. The standard InChI is InChI=1S/C23H33N7O2.K/c1-22(2)10-15(11-23(3,4)29-22)30(6)19-13-26-17(12-27-19)16-8-7-14(9-18(16)31)20(24)28-21(32)25-5;/h7-9,12-13,15,29H,10-11H2,1-6H3,(H4,24,25,26,28,31,32);/q;+1/p-1. The SMILES string of the molecule is C[N-]C(=O)/N=C(\N)c1ccc(-c2cnc(N(C)C3CC(C)(C)NC(C)(C)C3)cn2)c(O)c1.[K+]. The number of piperidine rings is 1. The van der Waals surface area contributed by atoms with Gasteiger partial charge in [-0.05, 0) is 58.2 Å². The fourth-order valence-electron chi connectivity index (χ4n) is 4.50. The van der Waals surface area contributed by atoms with Crippen molar-refractivity contribution in [1.29, 1.82) is 0 Å². The summed E-state index contributed by atoms with van der Waals surface area (Å²) in [5, 5.41) is 17.6. The summed E-state index contributed by atoms with van der Waals surface area (Å²) in [6, 6.07) is 4.42. The van der Waals surface area contributed by atoms with Gasteiger partial charge in [-0.1, -0.05) is 13.1 Å². The van der Waals surface area contributed by atoms with Crippen molar-refractivity contribution in [3.05, 3.63) is 41.5 Å². The van der Waals surface area contributed by atoms with Crippen LogP contribution in [0.15, 0.2) is 35.6 Å². The van der Waals surface area contributed by atoms with Crippen molar-refractivity contribution in [3.8, 4) is 17.0 Å². The zero-order valence-corrected chi connectivity index (χ0v) is 23.7. The Morgan fingerprint density at radius 3 is 2.36 bits per heavy atom.